The van der Waals surface area contributed by atoms with Crippen LogP contribution in [0.3, 0.4) is 0 Å². The molecule has 3 atom stereocenters. The summed E-state index contributed by atoms with van der Waals surface area (Å²) in [6.07, 6.45) is -4.12. The van der Waals surface area contributed by atoms with E-state index in [0.29, 0.717) is 19.2 Å². The molecule has 0 bridgehead atoms. The van der Waals surface area contributed by atoms with Crippen molar-refractivity contribution in [2.45, 2.75) is 52.0 Å². The number of carbonyl (C=O) groups is 2. The van der Waals surface area contributed by atoms with E-state index in [-0.39, 0.29) is 7.43 Å². The number of aliphatic hydroxyl groups excluding tert-OH is 3. The zero-order chi connectivity index (χ0) is 22.4. The monoisotopic (exact) mass is 433 g/mol. The van der Waals surface area contributed by atoms with E-state index in [1.807, 2.05) is 38.1 Å². The molecule has 174 valence electrons. The average Bonchev–Trinajstić information content (AvgIpc) is 2.68. The lowest BCUT2D eigenvalue weighted by Gasteiger charge is -2.15. The smallest absolute Gasteiger partial charge is 0.335 e. The van der Waals surface area contributed by atoms with E-state index in [1.54, 1.807) is 7.11 Å². The summed E-state index contributed by atoms with van der Waals surface area (Å²) in [7, 11) is 1.70. The number of hydrogen-bond donors (Lipinski definition) is 6. The van der Waals surface area contributed by atoms with Crippen molar-refractivity contribution < 1.29 is 44.6 Å². The predicted molar refractivity (Wildman–Crippen MR) is 111 cm³/mol. The van der Waals surface area contributed by atoms with Crippen LogP contribution in [-0.4, -0.2) is 88.7 Å². The Morgan fingerprint density at radius 2 is 1.50 bits per heavy atom. The molecule has 10 nitrogen and oxygen atoms in total. The van der Waals surface area contributed by atoms with Crippen molar-refractivity contribution in [1.29, 1.82) is 0 Å². The van der Waals surface area contributed by atoms with Gasteiger partial charge in [-0.1, -0.05) is 33.4 Å². The number of carboxylic acids is 2. The van der Waals surface area contributed by atoms with Crippen LogP contribution >= 0.6 is 0 Å². The van der Waals surface area contributed by atoms with E-state index in [2.05, 4.69) is 5.32 Å². The molecule has 0 heterocycles. The number of rotatable bonds is 12. The van der Waals surface area contributed by atoms with Crippen LogP contribution in [0.2, 0.25) is 0 Å². The van der Waals surface area contributed by atoms with Crippen LogP contribution in [-0.2, 0) is 20.7 Å². The van der Waals surface area contributed by atoms with Crippen molar-refractivity contribution in [2.24, 2.45) is 0 Å². The number of aliphatic hydroxyl groups is 3. The maximum absolute atomic E-state index is 9.77. The molecule has 30 heavy (non-hydrogen) atoms. The molecule has 0 saturated carbocycles. The minimum absolute atomic E-state index is 0. The second kappa shape index (κ2) is 16.5. The summed E-state index contributed by atoms with van der Waals surface area (Å²) in [5, 5.41) is 45.4. The molecule has 0 aromatic heterocycles. The van der Waals surface area contributed by atoms with E-state index in [0.717, 1.165) is 18.8 Å². The fourth-order valence-electron chi connectivity index (χ4n) is 1.87. The number of hydrogen-bond acceptors (Lipinski definition) is 8. The van der Waals surface area contributed by atoms with Crippen LogP contribution in [0.1, 0.15) is 26.8 Å². The Hall–Kier alpha value is -2.24. The van der Waals surface area contributed by atoms with Gasteiger partial charge in [-0.25, -0.2) is 9.59 Å². The molecule has 6 N–H and O–H groups in total. The Labute approximate surface area is 177 Å². The third kappa shape index (κ3) is 13.9. The summed E-state index contributed by atoms with van der Waals surface area (Å²) in [6, 6.07) is 8.26. The second-order valence-corrected chi connectivity index (χ2v) is 6.48. The Bertz CT molecular complexity index is 574. The highest BCUT2D eigenvalue weighted by atomic mass is 16.5. The van der Waals surface area contributed by atoms with Gasteiger partial charge in [0.25, 0.3) is 0 Å². The molecular weight excluding hydrogens is 398 g/mol. The number of benzene rings is 1. The molecule has 1 unspecified atom stereocenters. The standard InChI is InChI=1S/C15H25NO3.C4H6O6.CH4/c1-12(2)16-10-14(17)11-19-15-6-4-13(5-7-15)8-9-18-3;5-1(3(7)8)2(6)4(9)10;/h4-7,12,14,16-17H,8-11H2,1-3H3;1-2,5-6H,(H,7,8)(H,9,10);1H4/t;1-,2-;/m.1./s1. The van der Waals surface area contributed by atoms with Gasteiger partial charge in [0.2, 0.25) is 0 Å². The lowest BCUT2D eigenvalue weighted by atomic mass is 10.1. The predicted octanol–water partition coefficient (Wildman–Crippen LogP) is 0.127. The molecular formula is C20H35NO9. The molecule has 0 amide bonds. The molecule has 1 aromatic rings. The molecule has 1 aromatic carbocycles. The zero-order valence-corrected chi connectivity index (χ0v) is 16.8. The fourth-order valence-corrected chi connectivity index (χ4v) is 1.87. The van der Waals surface area contributed by atoms with Crippen molar-refractivity contribution in [3.63, 3.8) is 0 Å². The molecule has 0 aliphatic carbocycles. The Morgan fingerprint density at radius 3 is 1.90 bits per heavy atom. The first kappa shape index (κ1) is 30.0. The maximum atomic E-state index is 9.77. The third-order valence-electron chi connectivity index (χ3n) is 3.53. The number of nitrogens with one attached hydrogen (secondary N) is 1. The first-order chi connectivity index (χ1) is 13.6. The Kier molecular flexibility index (Phi) is 16.5. The van der Waals surface area contributed by atoms with E-state index >= 15 is 0 Å². The van der Waals surface area contributed by atoms with Crippen LogP contribution < -0.4 is 10.1 Å². The lowest BCUT2D eigenvalue weighted by Crippen LogP contribution is -2.39. The van der Waals surface area contributed by atoms with E-state index in [1.165, 1.54) is 5.56 Å². The summed E-state index contributed by atoms with van der Waals surface area (Å²) in [5.41, 5.74) is 1.22. The van der Waals surface area contributed by atoms with Gasteiger partial charge in [0, 0.05) is 19.7 Å². The van der Waals surface area contributed by atoms with Gasteiger partial charge in [0.1, 0.15) is 18.5 Å². The highest BCUT2D eigenvalue weighted by Gasteiger charge is 2.29. The van der Waals surface area contributed by atoms with Crippen LogP contribution in [0.15, 0.2) is 24.3 Å². The summed E-state index contributed by atoms with van der Waals surface area (Å²) < 4.78 is 10.6. The third-order valence-corrected chi connectivity index (χ3v) is 3.53. The zero-order valence-electron chi connectivity index (χ0n) is 16.8. The largest absolute Gasteiger partial charge is 0.491 e. The first-order valence-electron chi connectivity index (χ1n) is 9.02. The van der Waals surface area contributed by atoms with Gasteiger partial charge in [0.15, 0.2) is 12.2 Å². The van der Waals surface area contributed by atoms with Crippen molar-refractivity contribution in [2.75, 3.05) is 26.9 Å². The van der Waals surface area contributed by atoms with Crippen molar-refractivity contribution >= 4 is 11.9 Å². The minimum Gasteiger partial charge on any atom is -0.491 e. The van der Waals surface area contributed by atoms with Crippen LogP contribution in [0, 0.1) is 0 Å². The average molecular weight is 433 g/mol. The molecule has 0 saturated heterocycles. The number of ether oxygens (including phenoxy) is 2. The molecule has 0 aliphatic rings. The highest BCUT2D eigenvalue weighted by molar-refractivity contribution is 5.83. The van der Waals surface area contributed by atoms with Crippen molar-refractivity contribution in [1.82, 2.24) is 5.32 Å². The van der Waals surface area contributed by atoms with Crippen molar-refractivity contribution in [3.05, 3.63) is 29.8 Å². The molecule has 1 rings (SSSR count). The molecule has 0 radical (unpaired) electrons. The highest BCUT2D eigenvalue weighted by Crippen LogP contribution is 2.12. The normalized spacial score (nSPS) is 13.3. The summed E-state index contributed by atoms with van der Waals surface area (Å²) >= 11 is 0. The van der Waals surface area contributed by atoms with E-state index in [9.17, 15) is 14.7 Å². The molecule has 0 spiro atoms. The van der Waals surface area contributed by atoms with E-state index < -0.39 is 30.3 Å². The number of methoxy groups -OCH3 is 1. The number of aliphatic carboxylic acids is 2. The Balaban J connectivity index is 0. The second-order valence-electron chi connectivity index (χ2n) is 6.48. The van der Waals surface area contributed by atoms with Gasteiger partial charge in [0.05, 0.1) is 6.61 Å². The SMILES string of the molecule is C.COCCc1ccc(OCC(O)CNC(C)C)cc1.O=C(O)[C@H](O)[C@@H](O)C(=O)O. The van der Waals surface area contributed by atoms with Gasteiger partial charge >= 0.3 is 11.9 Å². The lowest BCUT2D eigenvalue weighted by molar-refractivity contribution is -0.165. The van der Waals surface area contributed by atoms with Gasteiger partial charge in [-0.05, 0) is 24.1 Å². The fraction of sp³-hybridized carbons (Fsp3) is 0.600. The molecule has 0 aliphatic heterocycles. The minimum atomic E-state index is -2.27. The van der Waals surface area contributed by atoms with Gasteiger partial charge in [-0.15, -0.1) is 0 Å². The molecule has 0 fully saturated rings. The summed E-state index contributed by atoms with van der Waals surface area (Å²) in [6.45, 7) is 5.67. The van der Waals surface area contributed by atoms with Gasteiger partial charge < -0.3 is 40.3 Å². The van der Waals surface area contributed by atoms with Crippen LogP contribution in [0.4, 0.5) is 0 Å². The van der Waals surface area contributed by atoms with Crippen LogP contribution in [0.5, 0.6) is 5.75 Å². The van der Waals surface area contributed by atoms with Crippen molar-refractivity contribution in [3.8, 4) is 5.75 Å². The molecule has 10 heteroatoms. The topological polar surface area (TPSA) is 166 Å². The van der Waals surface area contributed by atoms with Gasteiger partial charge in [-0.2, -0.15) is 0 Å². The van der Waals surface area contributed by atoms with E-state index in [4.69, 9.17) is 29.9 Å². The number of carboxylic acid groups (broad SMARTS) is 2. The van der Waals surface area contributed by atoms with Crippen LogP contribution in [0.25, 0.3) is 0 Å². The maximum Gasteiger partial charge on any atom is 0.335 e. The Morgan fingerprint density at radius 1 is 1.00 bits per heavy atom. The summed E-state index contributed by atoms with van der Waals surface area (Å²) in [4.78, 5) is 19.5. The quantitative estimate of drug-likeness (QED) is 0.267. The summed E-state index contributed by atoms with van der Waals surface area (Å²) in [5.74, 6) is -2.76. The van der Waals surface area contributed by atoms with Gasteiger partial charge in [-0.3, -0.25) is 0 Å². The first-order valence-corrected chi connectivity index (χ1v) is 9.02.